The Morgan fingerprint density at radius 3 is 2.36 bits per heavy atom. The second-order valence-corrected chi connectivity index (χ2v) is 8.84. The molecule has 0 aliphatic carbocycles. The van der Waals surface area contributed by atoms with E-state index in [2.05, 4.69) is 6.58 Å². The molecular weight excluding hydrogens is 424 g/mol. The van der Waals surface area contributed by atoms with Gasteiger partial charge in [-0.25, -0.2) is 0 Å². The number of allylic oxidation sites excluding steroid dienone is 2. The number of aromatic hydroxyl groups is 4. The monoisotopic (exact) mass is 456 g/mol. The number of ketones is 1. The van der Waals surface area contributed by atoms with Crippen LogP contribution in [-0.2, 0) is 6.42 Å². The zero-order chi connectivity index (χ0) is 24.9. The smallest absolute Gasteiger partial charge is 0.193 e. The van der Waals surface area contributed by atoms with Crippen molar-refractivity contribution in [3.8, 4) is 28.7 Å². The third-order valence-corrected chi connectivity index (χ3v) is 5.49. The van der Waals surface area contributed by atoms with Crippen molar-refractivity contribution in [2.75, 3.05) is 7.11 Å². The molecule has 2 rings (SSSR count). The van der Waals surface area contributed by atoms with Crippen LogP contribution in [0.5, 0.6) is 28.7 Å². The second kappa shape index (κ2) is 10.4. The summed E-state index contributed by atoms with van der Waals surface area (Å²) in [6.07, 6.45) is 3.80. The number of phenols is 4. The van der Waals surface area contributed by atoms with Crippen molar-refractivity contribution in [2.24, 2.45) is 5.92 Å². The molecule has 0 fully saturated rings. The first kappa shape index (κ1) is 25.8. The van der Waals surface area contributed by atoms with Crippen molar-refractivity contribution in [1.82, 2.24) is 0 Å². The van der Waals surface area contributed by atoms with Crippen molar-refractivity contribution in [3.05, 3.63) is 59.2 Å². The Bertz CT molecular complexity index is 1060. The third-order valence-electron chi connectivity index (χ3n) is 5.49. The first-order valence-electron chi connectivity index (χ1n) is 10.6. The lowest BCUT2D eigenvalue weighted by Crippen LogP contribution is -2.21. The maximum atomic E-state index is 12.9. The molecule has 2 aromatic carbocycles. The summed E-state index contributed by atoms with van der Waals surface area (Å²) in [7, 11) is 1.32. The fraction of sp³-hybridized carbons (Fsp3) is 0.346. The van der Waals surface area contributed by atoms with E-state index < -0.39 is 17.1 Å². The molecule has 5 N–H and O–H groups in total. The average molecular weight is 457 g/mol. The molecule has 0 aliphatic rings. The van der Waals surface area contributed by atoms with Gasteiger partial charge in [0, 0.05) is 23.3 Å². The Labute approximate surface area is 193 Å². The van der Waals surface area contributed by atoms with Gasteiger partial charge in [0.2, 0.25) is 0 Å². The number of carbonyl (C=O) groups excluding carboxylic acids is 1. The summed E-state index contributed by atoms with van der Waals surface area (Å²) in [6.45, 7) is 9.25. The number of ether oxygens (including phenoxy) is 1. The van der Waals surface area contributed by atoms with E-state index in [-0.39, 0.29) is 46.5 Å². The van der Waals surface area contributed by atoms with E-state index in [9.17, 15) is 30.3 Å². The summed E-state index contributed by atoms with van der Waals surface area (Å²) < 4.78 is 5.21. The van der Waals surface area contributed by atoms with Crippen molar-refractivity contribution in [2.45, 2.75) is 45.6 Å². The predicted molar refractivity (Wildman–Crippen MR) is 127 cm³/mol. The van der Waals surface area contributed by atoms with Gasteiger partial charge >= 0.3 is 0 Å². The molecule has 1 atom stereocenters. The maximum Gasteiger partial charge on any atom is 0.193 e. The number of carbonyl (C=O) groups is 1. The van der Waals surface area contributed by atoms with Crippen LogP contribution in [0.25, 0.3) is 6.08 Å². The molecule has 33 heavy (non-hydrogen) atoms. The van der Waals surface area contributed by atoms with Crippen LogP contribution in [0, 0.1) is 5.92 Å². The summed E-state index contributed by atoms with van der Waals surface area (Å²) in [5.41, 5.74) is 0.312. The summed E-state index contributed by atoms with van der Waals surface area (Å²) in [4.78, 5) is 12.9. The Morgan fingerprint density at radius 2 is 1.82 bits per heavy atom. The summed E-state index contributed by atoms with van der Waals surface area (Å²) >= 11 is 0. The van der Waals surface area contributed by atoms with Crippen LogP contribution in [0.3, 0.4) is 0 Å². The largest absolute Gasteiger partial charge is 0.508 e. The standard InChI is InChI=1S/C26H32O7/c1-15(2)17(10-11-26(3,4)32)12-19-22(30)14-23(33-5)24(25(19)31)20(28)9-7-16-6-8-18(27)13-21(16)29/h6-9,13-14,17,27,29-32H,1,10-12H2,2-5H3/b9-7+/t17-/m0/s1. The molecule has 7 heteroatoms. The fourth-order valence-electron chi connectivity index (χ4n) is 3.49. The lowest BCUT2D eigenvalue weighted by atomic mass is 9.85. The molecule has 0 saturated carbocycles. The molecule has 0 aliphatic heterocycles. The van der Waals surface area contributed by atoms with Crippen LogP contribution in [0.15, 0.2) is 42.5 Å². The van der Waals surface area contributed by atoms with Gasteiger partial charge in [0.05, 0.1) is 12.7 Å². The zero-order valence-corrected chi connectivity index (χ0v) is 19.4. The van der Waals surface area contributed by atoms with Gasteiger partial charge in [0.15, 0.2) is 5.78 Å². The van der Waals surface area contributed by atoms with Gasteiger partial charge in [0.25, 0.3) is 0 Å². The lowest BCUT2D eigenvalue weighted by molar-refractivity contribution is 0.0650. The van der Waals surface area contributed by atoms with Crippen LogP contribution in [0.2, 0.25) is 0 Å². The number of aliphatic hydroxyl groups is 1. The molecule has 0 unspecified atom stereocenters. The number of benzene rings is 2. The predicted octanol–water partition coefficient (Wildman–Crippen LogP) is 4.70. The molecular formula is C26H32O7. The molecule has 0 bridgehead atoms. The number of phenolic OH excluding ortho intramolecular Hbond substituents is 4. The van der Waals surface area contributed by atoms with E-state index in [4.69, 9.17) is 4.74 Å². The quantitative estimate of drug-likeness (QED) is 0.199. The Hall–Kier alpha value is -3.45. The van der Waals surface area contributed by atoms with Crippen molar-refractivity contribution in [1.29, 1.82) is 0 Å². The first-order chi connectivity index (χ1) is 15.3. The normalized spacial score (nSPS) is 12.6. The van der Waals surface area contributed by atoms with Gasteiger partial charge in [-0.1, -0.05) is 12.2 Å². The third kappa shape index (κ3) is 6.76. The highest BCUT2D eigenvalue weighted by Crippen LogP contribution is 2.41. The molecule has 0 saturated heterocycles. The highest BCUT2D eigenvalue weighted by Gasteiger charge is 2.26. The van der Waals surface area contributed by atoms with Crippen LogP contribution < -0.4 is 4.74 Å². The summed E-state index contributed by atoms with van der Waals surface area (Å²) in [6, 6.07) is 5.23. The molecule has 0 spiro atoms. The minimum absolute atomic E-state index is 0.00157. The molecule has 7 nitrogen and oxygen atoms in total. The highest BCUT2D eigenvalue weighted by atomic mass is 16.5. The molecule has 0 aromatic heterocycles. The van der Waals surface area contributed by atoms with E-state index in [0.717, 1.165) is 17.7 Å². The maximum absolute atomic E-state index is 12.9. The van der Waals surface area contributed by atoms with Gasteiger partial charge in [-0.2, -0.15) is 0 Å². The summed E-state index contributed by atoms with van der Waals surface area (Å²) in [5.74, 6) is -1.67. The lowest BCUT2D eigenvalue weighted by Gasteiger charge is -2.24. The van der Waals surface area contributed by atoms with Crippen LogP contribution >= 0.6 is 0 Å². The topological polar surface area (TPSA) is 127 Å². The second-order valence-electron chi connectivity index (χ2n) is 8.84. The molecule has 0 heterocycles. The fourth-order valence-corrected chi connectivity index (χ4v) is 3.49. The minimum Gasteiger partial charge on any atom is -0.508 e. The van der Waals surface area contributed by atoms with Gasteiger partial charge < -0.3 is 30.3 Å². The zero-order valence-electron chi connectivity index (χ0n) is 19.4. The Kier molecular flexibility index (Phi) is 8.17. The Morgan fingerprint density at radius 1 is 1.15 bits per heavy atom. The molecule has 0 radical (unpaired) electrons. The molecule has 2 aromatic rings. The highest BCUT2D eigenvalue weighted by molar-refractivity contribution is 6.11. The van der Waals surface area contributed by atoms with Crippen molar-refractivity contribution < 1.29 is 35.1 Å². The number of hydrogen-bond acceptors (Lipinski definition) is 7. The number of rotatable bonds is 10. The molecule has 178 valence electrons. The van der Waals surface area contributed by atoms with Gasteiger partial charge in [0.1, 0.15) is 34.3 Å². The average Bonchev–Trinajstić information content (AvgIpc) is 2.70. The van der Waals surface area contributed by atoms with Crippen LogP contribution in [0.1, 0.15) is 55.1 Å². The van der Waals surface area contributed by atoms with E-state index in [1.807, 2.05) is 6.92 Å². The van der Waals surface area contributed by atoms with E-state index in [1.165, 1.54) is 31.4 Å². The van der Waals surface area contributed by atoms with E-state index in [1.54, 1.807) is 13.8 Å². The first-order valence-corrected chi connectivity index (χ1v) is 10.6. The number of hydrogen-bond donors (Lipinski definition) is 5. The summed E-state index contributed by atoms with van der Waals surface area (Å²) in [5, 5.41) is 50.9. The number of methoxy groups -OCH3 is 1. The van der Waals surface area contributed by atoms with Crippen molar-refractivity contribution in [3.63, 3.8) is 0 Å². The minimum atomic E-state index is -0.872. The van der Waals surface area contributed by atoms with E-state index >= 15 is 0 Å². The van der Waals surface area contributed by atoms with Crippen LogP contribution in [0.4, 0.5) is 0 Å². The Balaban J connectivity index is 2.42. The SMILES string of the molecule is C=C(C)[C@@H](CCC(C)(C)O)Cc1c(O)cc(OC)c(C(=O)/C=C/c2ccc(O)cc2O)c1O. The van der Waals surface area contributed by atoms with E-state index in [0.29, 0.717) is 18.4 Å². The van der Waals surface area contributed by atoms with Crippen molar-refractivity contribution >= 4 is 11.9 Å². The van der Waals surface area contributed by atoms with Crippen LogP contribution in [-0.4, -0.2) is 44.0 Å². The molecule has 0 amide bonds. The van der Waals surface area contributed by atoms with Gasteiger partial charge in [-0.05, 0) is 70.2 Å². The van der Waals surface area contributed by atoms with Gasteiger partial charge in [-0.15, -0.1) is 0 Å². The van der Waals surface area contributed by atoms with Gasteiger partial charge in [-0.3, -0.25) is 4.79 Å².